The standard InChI is InChI=1S/C10H7ClF2N2O4/c11-7-2-1-5(15(17)18)3-6(7)8-10(12,13)4-19-9(16)14-8/h1-3,8H,4H2,(H,14,16)/t8-/m1/s1. The second-order valence-corrected chi connectivity index (χ2v) is 4.28. The molecule has 0 unspecified atom stereocenters. The Bertz CT molecular complexity index is 552. The molecule has 1 aromatic rings. The molecule has 0 spiro atoms. The number of carbonyl (C=O) groups is 1. The topological polar surface area (TPSA) is 81.5 Å². The first kappa shape index (κ1) is 13.5. The normalized spacial score (nSPS) is 21.4. The van der Waals surface area contributed by atoms with Crippen LogP contribution in [0.25, 0.3) is 0 Å². The molecule has 102 valence electrons. The van der Waals surface area contributed by atoms with E-state index >= 15 is 0 Å². The van der Waals surface area contributed by atoms with Crippen LogP contribution in [0, 0.1) is 10.1 Å². The van der Waals surface area contributed by atoms with Crippen LogP contribution in [0.1, 0.15) is 11.6 Å². The number of rotatable bonds is 2. The summed E-state index contributed by atoms with van der Waals surface area (Å²) in [6, 6.07) is 1.37. The first-order valence-electron chi connectivity index (χ1n) is 5.06. The van der Waals surface area contributed by atoms with Crippen LogP contribution in [0.4, 0.5) is 19.3 Å². The number of halogens is 3. The molecule has 1 saturated heterocycles. The SMILES string of the molecule is O=C1N[C@H](c2cc([N+](=O)[O-])ccc2Cl)C(F)(F)CO1. The van der Waals surface area contributed by atoms with Crippen molar-refractivity contribution in [2.75, 3.05) is 6.61 Å². The molecule has 1 aliphatic heterocycles. The van der Waals surface area contributed by atoms with E-state index in [4.69, 9.17) is 11.6 Å². The van der Waals surface area contributed by atoms with Gasteiger partial charge in [-0.3, -0.25) is 10.1 Å². The number of benzene rings is 1. The number of nitro benzene ring substituents is 1. The van der Waals surface area contributed by atoms with E-state index in [1.165, 1.54) is 0 Å². The minimum Gasteiger partial charge on any atom is -0.443 e. The lowest BCUT2D eigenvalue weighted by Gasteiger charge is -2.32. The van der Waals surface area contributed by atoms with Crippen molar-refractivity contribution in [2.24, 2.45) is 0 Å². The van der Waals surface area contributed by atoms with Gasteiger partial charge in [-0.05, 0) is 6.07 Å². The van der Waals surface area contributed by atoms with E-state index < -0.39 is 35.3 Å². The Kier molecular flexibility index (Phi) is 3.27. The number of hydrogen-bond acceptors (Lipinski definition) is 4. The lowest BCUT2D eigenvalue weighted by Crippen LogP contribution is -2.49. The summed E-state index contributed by atoms with van der Waals surface area (Å²) in [5.74, 6) is -3.41. The molecule has 0 radical (unpaired) electrons. The van der Waals surface area contributed by atoms with Gasteiger partial charge in [-0.25, -0.2) is 13.6 Å². The van der Waals surface area contributed by atoms with Gasteiger partial charge in [0, 0.05) is 22.7 Å². The number of amides is 1. The van der Waals surface area contributed by atoms with Gasteiger partial charge in [0.05, 0.1) is 4.92 Å². The summed E-state index contributed by atoms with van der Waals surface area (Å²) in [5, 5.41) is 12.4. The van der Waals surface area contributed by atoms with Crippen molar-refractivity contribution in [3.8, 4) is 0 Å². The highest BCUT2D eigenvalue weighted by atomic mass is 35.5. The predicted octanol–water partition coefficient (Wildman–Crippen LogP) is 2.66. The van der Waals surface area contributed by atoms with Gasteiger partial charge in [0.15, 0.2) is 6.61 Å². The number of alkyl halides is 2. The van der Waals surface area contributed by atoms with Crippen molar-refractivity contribution < 1.29 is 23.2 Å². The third-order valence-corrected chi connectivity index (χ3v) is 2.93. The van der Waals surface area contributed by atoms with Crippen LogP contribution in [-0.4, -0.2) is 23.5 Å². The van der Waals surface area contributed by atoms with Crippen LogP contribution in [0.5, 0.6) is 0 Å². The third-order valence-electron chi connectivity index (χ3n) is 2.58. The van der Waals surface area contributed by atoms with Gasteiger partial charge in [-0.2, -0.15) is 0 Å². The minimum absolute atomic E-state index is 0.0996. The van der Waals surface area contributed by atoms with Crippen LogP contribution >= 0.6 is 11.6 Å². The maximum absolute atomic E-state index is 13.7. The zero-order chi connectivity index (χ0) is 14.2. The van der Waals surface area contributed by atoms with Gasteiger partial charge in [0.2, 0.25) is 0 Å². The van der Waals surface area contributed by atoms with Gasteiger partial charge in [0.25, 0.3) is 5.69 Å². The maximum atomic E-state index is 13.7. The van der Waals surface area contributed by atoms with E-state index in [0.29, 0.717) is 0 Å². The first-order chi connectivity index (χ1) is 8.81. The van der Waals surface area contributed by atoms with Gasteiger partial charge in [0.1, 0.15) is 6.04 Å². The second-order valence-electron chi connectivity index (χ2n) is 3.88. The van der Waals surface area contributed by atoms with Crippen molar-refractivity contribution in [1.82, 2.24) is 5.32 Å². The van der Waals surface area contributed by atoms with Gasteiger partial charge in [-0.15, -0.1) is 0 Å². The average Bonchev–Trinajstić information content (AvgIpc) is 2.33. The van der Waals surface area contributed by atoms with E-state index in [-0.39, 0.29) is 10.6 Å². The molecule has 1 amide bonds. The van der Waals surface area contributed by atoms with Crippen LogP contribution < -0.4 is 5.32 Å². The predicted molar refractivity (Wildman–Crippen MR) is 60.3 cm³/mol. The van der Waals surface area contributed by atoms with Gasteiger partial charge >= 0.3 is 12.0 Å². The summed E-state index contributed by atoms with van der Waals surface area (Å²) in [6.07, 6.45) is -1.03. The molecular formula is C10H7ClF2N2O4. The Morgan fingerprint density at radius 1 is 1.53 bits per heavy atom. The maximum Gasteiger partial charge on any atom is 0.408 e. The Labute approximate surface area is 110 Å². The zero-order valence-corrected chi connectivity index (χ0v) is 9.99. The number of nitrogens with one attached hydrogen (secondary N) is 1. The molecule has 1 heterocycles. The Hall–Kier alpha value is -1.96. The molecule has 1 aromatic carbocycles. The Morgan fingerprint density at radius 2 is 2.21 bits per heavy atom. The number of nitrogens with zero attached hydrogens (tertiary/aromatic N) is 1. The quantitative estimate of drug-likeness (QED) is 0.671. The fourth-order valence-electron chi connectivity index (χ4n) is 1.68. The molecule has 9 heteroatoms. The summed E-state index contributed by atoms with van der Waals surface area (Å²) >= 11 is 5.76. The van der Waals surface area contributed by atoms with Crippen LogP contribution in [0.15, 0.2) is 18.2 Å². The molecule has 1 atom stereocenters. The molecule has 0 saturated carbocycles. The molecule has 2 rings (SSSR count). The molecule has 0 aromatic heterocycles. The van der Waals surface area contributed by atoms with Crippen molar-refractivity contribution in [3.63, 3.8) is 0 Å². The number of nitro groups is 1. The van der Waals surface area contributed by atoms with E-state index in [0.717, 1.165) is 18.2 Å². The van der Waals surface area contributed by atoms with Gasteiger partial charge < -0.3 is 10.1 Å². The second kappa shape index (κ2) is 4.61. The van der Waals surface area contributed by atoms with Crippen LogP contribution in [0.2, 0.25) is 5.02 Å². The number of non-ortho nitro benzene ring substituents is 1. The number of cyclic esters (lactones) is 1. The van der Waals surface area contributed by atoms with E-state index in [1.54, 1.807) is 0 Å². The molecule has 1 N–H and O–H groups in total. The van der Waals surface area contributed by atoms with Crippen LogP contribution in [0.3, 0.4) is 0 Å². The van der Waals surface area contributed by atoms with E-state index in [2.05, 4.69) is 4.74 Å². The van der Waals surface area contributed by atoms with Crippen molar-refractivity contribution in [2.45, 2.75) is 12.0 Å². The minimum atomic E-state index is -3.41. The number of hydrogen-bond donors (Lipinski definition) is 1. The van der Waals surface area contributed by atoms with Crippen LogP contribution in [-0.2, 0) is 4.74 Å². The molecule has 0 bridgehead atoms. The monoisotopic (exact) mass is 292 g/mol. The summed E-state index contributed by atoms with van der Waals surface area (Å²) in [4.78, 5) is 20.9. The Balaban J connectivity index is 2.46. The summed E-state index contributed by atoms with van der Waals surface area (Å²) in [5.41, 5.74) is -0.617. The molecule has 19 heavy (non-hydrogen) atoms. The average molecular weight is 293 g/mol. The van der Waals surface area contributed by atoms with Gasteiger partial charge in [-0.1, -0.05) is 11.6 Å². The lowest BCUT2D eigenvalue weighted by atomic mass is 9.99. The van der Waals surface area contributed by atoms with Crippen molar-refractivity contribution in [3.05, 3.63) is 38.9 Å². The van der Waals surface area contributed by atoms with E-state index in [1.807, 2.05) is 5.32 Å². The summed E-state index contributed by atoms with van der Waals surface area (Å²) < 4.78 is 31.5. The highest BCUT2D eigenvalue weighted by molar-refractivity contribution is 6.31. The largest absolute Gasteiger partial charge is 0.443 e. The molecule has 6 nitrogen and oxygen atoms in total. The smallest absolute Gasteiger partial charge is 0.408 e. The Morgan fingerprint density at radius 3 is 2.84 bits per heavy atom. The molecular weight excluding hydrogens is 286 g/mol. The summed E-state index contributed by atoms with van der Waals surface area (Å²) in [7, 11) is 0. The zero-order valence-electron chi connectivity index (χ0n) is 9.23. The number of alkyl carbamates (subject to hydrolysis) is 1. The fourth-order valence-corrected chi connectivity index (χ4v) is 1.91. The fraction of sp³-hybridized carbons (Fsp3) is 0.300. The molecule has 0 aliphatic carbocycles. The van der Waals surface area contributed by atoms with Crippen molar-refractivity contribution in [1.29, 1.82) is 0 Å². The van der Waals surface area contributed by atoms with E-state index in [9.17, 15) is 23.7 Å². The number of carbonyl (C=O) groups excluding carboxylic acids is 1. The highest BCUT2D eigenvalue weighted by Crippen LogP contribution is 2.38. The molecule has 1 fully saturated rings. The van der Waals surface area contributed by atoms with Crippen molar-refractivity contribution >= 4 is 23.4 Å². The molecule has 1 aliphatic rings. The number of ether oxygens (including phenoxy) is 1. The highest BCUT2D eigenvalue weighted by Gasteiger charge is 2.47. The first-order valence-corrected chi connectivity index (χ1v) is 5.44. The third kappa shape index (κ3) is 2.58. The lowest BCUT2D eigenvalue weighted by molar-refractivity contribution is -0.385. The summed E-state index contributed by atoms with van der Waals surface area (Å²) in [6.45, 7) is -1.11.